The van der Waals surface area contributed by atoms with E-state index < -0.39 is 4.92 Å². The Kier molecular flexibility index (Phi) is 4.73. The lowest BCUT2D eigenvalue weighted by atomic mass is 9.92. The van der Waals surface area contributed by atoms with Crippen LogP contribution in [0.1, 0.15) is 43.5 Å². The predicted octanol–water partition coefficient (Wildman–Crippen LogP) is 5.06. The molecule has 4 rings (SSSR count). The molecular weight excluding hydrogens is 372 g/mol. The smallest absolute Gasteiger partial charge is 0.273 e. The third-order valence-corrected chi connectivity index (χ3v) is 6.27. The molecule has 1 aliphatic rings. The number of fused-ring (bicyclic) bond motifs is 1. The fourth-order valence-corrected chi connectivity index (χ4v) is 4.65. The number of nitrogens with zero attached hydrogens (tertiary/aromatic N) is 2. The molecule has 0 spiro atoms. The Morgan fingerprint density at radius 1 is 1.14 bits per heavy atom. The second kappa shape index (κ2) is 7.20. The van der Waals surface area contributed by atoms with Gasteiger partial charge >= 0.3 is 0 Å². The summed E-state index contributed by atoms with van der Waals surface area (Å²) in [7, 11) is 0. The summed E-state index contributed by atoms with van der Waals surface area (Å²) >= 11 is 1.72. The number of amides is 1. The summed E-state index contributed by atoms with van der Waals surface area (Å²) < 4.78 is 0. The molecule has 0 saturated heterocycles. The molecule has 28 heavy (non-hydrogen) atoms. The maximum absolute atomic E-state index is 13.4. The molecule has 2 heterocycles. The molecule has 0 aliphatic carbocycles. The van der Waals surface area contributed by atoms with E-state index in [4.69, 9.17) is 0 Å². The van der Waals surface area contributed by atoms with Gasteiger partial charge in [-0.2, -0.15) is 0 Å². The fraction of sp³-hybridized carbons (Fsp3) is 0.227. The number of carbonyl (C=O) groups is 1. The van der Waals surface area contributed by atoms with Crippen molar-refractivity contribution in [2.75, 3.05) is 6.54 Å². The van der Waals surface area contributed by atoms with Crippen LogP contribution >= 0.6 is 11.3 Å². The Balaban J connectivity index is 1.77. The average molecular weight is 392 g/mol. The van der Waals surface area contributed by atoms with Crippen molar-refractivity contribution in [2.45, 2.75) is 26.3 Å². The van der Waals surface area contributed by atoms with E-state index in [0.29, 0.717) is 17.7 Å². The van der Waals surface area contributed by atoms with Crippen molar-refractivity contribution in [2.24, 2.45) is 0 Å². The molecule has 0 N–H and O–H groups in total. The molecule has 6 heteroatoms. The molecule has 1 unspecified atom stereocenters. The third-order valence-electron chi connectivity index (χ3n) is 5.27. The van der Waals surface area contributed by atoms with Crippen molar-refractivity contribution in [3.05, 3.63) is 96.7 Å². The Morgan fingerprint density at radius 2 is 1.89 bits per heavy atom. The molecule has 5 nitrogen and oxygen atoms in total. The number of carbonyl (C=O) groups excluding carboxylic acids is 1. The quantitative estimate of drug-likeness (QED) is 0.462. The van der Waals surface area contributed by atoms with E-state index in [1.807, 2.05) is 11.8 Å². The van der Waals surface area contributed by atoms with Gasteiger partial charge in [-0.3, -0.25) is 14.9 Å². The van der Waals surface area contributed by atoms with Crippen molar-refractivity contribution < 1.29 is 9.72 Å². The summed E-state index contributed by atoms with van der Waals surface area (Å²) in [5.74, 6) is -0.175. The maximum Gasteiger partial charge on any atom is 0.273 e. The van der Waals surface area contributed by atoms with Gasteiger partial charge in [0.2, 0.25) is 0 Å². The Hall–Kier alpha value is -2.99. The van der Waals surface area contributed by atoms with Gasteiger partial charge in [0.1, 0.15) is 0 Å². The summed E-state index contributed by atoms with van der Waals surface area (Å²) in [6.45, 7) is 4.31. The molecule has 3 aromatic rings. The molecule has 142 valence electrons. The highest BCUT2D eigenvalue weighted by molar-refractivity contribution is 7.10. The molecule has 0 bridgehead atoms. The van der Waals surface area contributed by atoms with Crippen LogP contribution in [0.25, 0.3) is 0 Å². The number of nitro groups is 1. The van der Waals surface area contributed by atoms with Crippen molar-refractivity contribution in [3.63, 3.8) is 0 Å². The highest BCUT2D eigenvalue weighted by atomic mass is 32.1. The first kappa shape index (κ1) is 18.4. The van der Waals surface area contributed by atoms with Gasteiger partial charge in [0.15, 0.2) is 0 Å². The van der Waals surface area contributed by atoms with Crippen molar-refractivity contribution >= 4 is 22.9 Å². The first-order valence-corrected chi connectivity index (χ1v) is 10.0. The van der Waals surface area contributed by atoms with Gasteiger partial charge in [-0.15, -0.1) is 11.3 Å². The van der Waals surface area contributed by atoms with Crippen molar-refractivity contribution in [1.29, 1.82) is 0 Å². The normalized spacial score (nSPS) is 15.9. The minimum Gasteiger partial charge on any atom is -0.327 e. The van der Waals surface area contributed by atoms with Gasteiger partial charge in [-0.1, -0.05) is 35.9 Å². The largest absolute Gasteiger partial charge is 0.327 e. The van der Waals surface area contributed by atoms with E-state index in [-0.39, 0.29) is 17.6 Å². The van der Waals surface area contributed by atoms with Gasteiger partial charge in [0.25, 0.3) is 11.6 Å². The summed E-state index contributed by atoms with van der Waals surface area (Å²) in [6, 6.07) is 14.9. The minimum atomic E-state index is -0.434. The first-order valence-electron chi connectivity index (χ1n) is 9.14. The molecular formula is C22H20N2O3S. The van der Waals surface area contributed by atoms with E-state index in [1.54, 1.807) is 30.4 Å². The number of hydrogen-bond acceptors (Lipinski definition) is 4. The van der Waals surface area contributed by atoms with Crippen LogP contribution in [0.2, 0.25) is 0 Å². The van der Waals surface area contributed by atoms with Crippen LogP contribution < -0.4 is 0 Å². The monoisotopic (exact) mass is 392 g/mol. The summed E-state index contributed by atoms with van der Waals surface area (Å²) in [5.41, 5.74) is 4.25. The van der Waals surface area contributed by atoms with Crippen LogP contribution in [0, 0.1) is 24.0 Å². The number of rotatable bonds is 3. The molecule has 1 amide bonds. The zero-order chi connectivity index (χ0) is 19.8. The number of aryl methyl sites for hydroxylation is 2. The second-order valence-electron chi connectivity index (χ2n) is 7.12. The number of nitro benzene ring substituents is 1. The van der Waals surface area contributed by atoms with E-state index in [2.05, 4.69) is 35.7 Å². The van der Waals surface area contributed by atoms with Crippen LogP contribution in [0.15, 0.2) is 53.9 Å². The Labute approximate surface area is 167 Å². The van der Waals surface area contributed by atoms with Gasteiger partial charge < -0.3 is 4.90 Å². The fourth-order valence-electron chi connectivity index (χ4n) is 3.75. The van der Waals surface area contributed by atoms with Crippen LogP contribution in [-0.4, -0.2) is 22.3 Å². The Morgan fingerprint density at radius 3 is 2.61 bits per heavy atom. The zero-order valence-corrected chi connectivity index (χ0v) is 16.5. The molecule has 0 radical (unpaired) electrons. The zero-order valence-electron chi connectivity index (χ0n) is 15.7. The third kappa shape index (κ3) is 3.20. The summed E-state index contributed by atoms with van der Waals surface area (Å²) in [6.07, 6.45) is 0.801. The van der Waals surface area contributed by atoms with Crippen LogP contribution in [0.5, 0.6) is 0 Å². The van der Waals surface area contributed by atoms with Gasteiger partial charge in [0.05, 0.1) is 11.0 Å². The van der Waals surface area contributed by atoms with Crippen LogP contribution in [0.3, 0.4) is 0 Å². The van der Waals surface area contributed by atoms with E-state index >= 15 is 0 Å². The second-order valence-corrected chi connectivity index (χ2v) is 8.12. The summed E-state index contributed by atoms with van der Waals surface area (Å²) in [4.78, 5) is 27.4. The van der Waals surface area contributed by atoms with Crippen molar-refractivity contribution in [1.82, 2.24) is 4.90 Å². The van der Waals surface area contributed by atoms with Gasteiger partial charge in [0, 0.05) is 28.6 Å². The highest BCUT2D eigenvalue weighted by Crippen LogP contribution is 2.38. The molecule has 1 aromatic heterocycles. The van der Waals surface area contributed by atoms with Crippen LogP contribution in [-0.2, 0) is 6.42 Å². The lowest BCUT2D eigenvalue weighted by Crippen LogP contribution is -2.40. The number of hydrogen-bond donors (Lipinski definition) is 0. The SMILES string of the molecule is Cc1ccc(C2c3ccsc3CCN2C(=O)c2ccc(C)c([N+](=O)[O-])c2)cc1. The van der Waals surface area contributed by atoms with E-state index in [1.165, 1.54) is 10.9 Å². The molecule has 0 saturated carbocycles. The molecule has 1 atom stereocenters. The minimum absolute atomic E-state index is 0.0223. The number of thiophene rings is 1. The van der Waals surface area contributed by atoms with Gasteiger partial charge in [-0.05, 0) is 48.9 Å². The Bertz CT molecular complexity index is 1060. The first-order chi connectivity index (χ1) is 13.5. The topological polar surface area (TPSA) is 63.5 Å². The maximum atomic E-state index is 13.4. The lowest BCUT2D eigenvalue weighted by Gasteiger charge is -2.36. The number of benzene rings is 2. The van der Waals surface area contributed by atoms with Gasteiger partial charge in [-0.25, -0.2) is 0 Å². The summed E-state index contributed by atoms with van der Waals surface area (Å²) in [5, 5.41) is 13.4. The van der Waals surface area contributed by atoms with Crippen LogP contribution in [0.4, 0.5) is 5.69 Å². The molecule has 2 aromatic carbocycles. The standard InChI is InChI=1S/C22H20N2O3S/c1-14-3-6-16(7-4-14)21-18-10-12-28-20(18)9-11-23(21)22(25)17-8-5-15(2)19(13-17)24(26)27/h3-8,10,12-13,21H,9,11H2,1-2H3. The average Bonchev–Trinajstić information content (AvgIpc) is 3.16. The lowest BCUT2D eigenvalue weighted by molar-refractivity contribution is -0.385. The van der Waals surface area contributed by atoms with E-state index in [9.17, 15) is 14.9 Å². The molecule has 0 fully saturated rings. The predicted molar refractivity (Wildman–Crippen MR) is 110 cm³/mol. The van der Waals surface area contributed by atoms with Crippen molar-refractivity contribution in [3.8, 4) is 0 Å². The molecule has 1 aliphatic heterocycles. The highest BCUT2D eigenvalue weighted by Gasteiger charge is 2.33. The van der Waals surface area contributed by atoms with E-state index in [0.717, 1.165) is 23.1 Å².